The number of aromatic hydroxyl groups is 1. The van der Waals surface area contributed by atoms with Gasteiger partial charge in [0.1, 0.15) is 5.82 Å². The predicted molar refractivity (Wildman–Crippen MR) is 75.3 cm³/mol. The Morgan fingerprint density at radius 1 is 1.47 bits per heavy atom. The molecular formula is C12H13FN4OS. The van der Waals surface area contributed by atoms with Gasteiger partial charge < -0.3 is 15.4 Å². The Labute approximate surface area is 114 Å². The molecule has 0 amide bonds. The van der Waals surface area contributed by atoms with Crippen LogP contribution in [0.3, 0.4) is 0 Å². The number of halogens is 1. The summed E-state index contributed by atoms with van der Waals surface area (Å²) in [6, 6.07) is 4.24. The van der Waals surface area contributed by atoms with E-state index in [2.05, 4.69) is 20.5 Å². The van der Waals surface area contributed by atoms with E-state index in [0.29, 0.717) is 10.9 Å². The first-order valence-corrected chi connectivity index (χ1v) is 6.10. The summed E-state index contributed by atoms with van der Waals surface area (Å²) in [5.41, 5.74) is 0.692. The lowest BCUT2D eigenvalue weighted by atomic mass is 10.2. The Morgan fingerprint density at radius 3 is 2.89 bits per heavy atom. The minimum atomic E-state index is -0.394. The maximum Gasteiger partial charge on any atom is 0.218 e. The number of H-pyrrole nitrogens is 1. The number of hydrogen-bond acceptors (Lipinski definition) is 3. The fourth-order valence-corrected chi connectivity index (χ4v) is 1.89. The maximum absolute atomic E-state index is 13.0. The second-order valence-corrected chi connectivity index (χ2v) is 4.70. The first kappa shape index (κ1) is 13.4. The number of azo groups is 1. The van der Waals surface area contributed by atoms with Crippen molar-refractivity contribution in [2.75, 3.05) is 0 Å². The van der Waals surface area contributed by atoms with E-state index in [1.165, 1.54) is 18.2 Å². The zero-order valence-corrected chi connectivity index (χ0v) is 11.3. The Balaban J connectivity index is 2.32. The van der Waals surface area contributed by atoms with Crippen molar-refractivity contribution in [3.05, 3.63) is 24.0 Å². The maximum atomic E-state index is 13.0. The Bertz CT molecular complexity index is 650. The topological polar surface area (TPSA) is 72.8 Å². The second-order valence-electron chi connectivity index (χ2n) is 4.32. The fourth-order valence-electron chi connectivity index (χ4n) is 1.61. The summed E-state index contributed by atoms with van der Waals surface area (Å²) >= 11 is 4.97. The lowest BCUT2D eigenvalue weighted by Gasteiger charge is -2.04. The summed E-state index contributed by atoms with van der Waals surface area (Å²) in [5, 5.41) is 21.1. The molecule has 0 aliphatic heterocycles. The molecule has 0 aliphatic carbocycles. The van der Waals surface area contributed by atoms with Gasteiger partial charge in [-0.2, -0.15) is 0 Å². The first-order chi connectivity index (χ1) is 8.97. The Kier molecular flexibility index (Phi) is 3.75. The van der Waals surface area contributed by atoms with Crippen LogP contribution < -0.4 is 5.32 Å². The van der Waals surface area contributed by atoms with Gasteiger partial charge in [0.2, 0.25) is 11.0 Å². The molecule has 2 aromatic rings. The number of benzene rings is 1. The normalized spacial score (nSPS) is 11.6. The average molecular weight is 280 g/mol. The summed E-state index contributed by atoms with van der Waals surface area (Å²) in [5.74, 6) is -0.564. The van der Waals surface area contributed by atoms with Crippen molar-refractivity contribution >= 4 is 33.9 Å². The molecule has 0 saturated heterocycles. The van der Waals surface area contributed by atoms with Gasteiger partial charge in [0, 0.05) is 11.4 Å². The molecule has 1 aromatic carbocycles. The molecule has 5 nitrogen and oxygen atoms in total. The van der Waals surface area contributed by atoms with Gasteiger partial charge in [0.25, 0.3) is 0 Å². The van der Waals surface area contributed by atoms with Gasteiger partial charge in [-0.1, -0.05) is 0 Å². The molecule has 0 unspecified atom stereocenters. The monoisotopic (exact) mass is 280 g/mol. The van der Waals surface area contributed by atoms with Gasteiger partial charge in [0.05, 0.1) is 5.52 Å². The van der Waals surface area contributed by atoms with Crippen molar-refractivity contribution in [3.8, 4) is 5.88 Å². The average Bonchev–Trinajstić information content (AvgIpc) is 2.60. The molecule has 0 fully saturated rings. The van der Waals surface area contributed by atoms with E-state index in [9.17, 15) is 9.50 Å². The third-order valence-electron chi connectivity index (χ3n) is 2.37. The molecule has 1 heterocycles. The van der Waals surface area contributed by atoms with Crippen molar-refractivity contribution in [1.82, 2.24) is 10.3 Å². The molecule has 0 atom stereocenters. The SMILES string of the molecule is CC(C)NC(=S)N=Nc1c(O)[nH]c2cc(F)ccc12. The van der Waals surface area contributed by atoms with Gasteiger partial charge in [0.15, 0.2) is 5.69 Å². The van der Waals surface area contributed by atoms with E-state index >= 15 is 0 Å². The van der Waals surface area contributed by atoms with Gasteiger partial charge in [-0.25, -0.2) is 4.39 Å². The highest BCUT2D eigenvalue weighted by Crippen LogP contribution is 2.35. The van der Waals surface area contributed by atoms with Gasteiger partial charge in [-0.15, -0.1) is 10.2 Å². The van der Waals surface area contributed by atoms with Gasteiger partial charge >= 0.3 is 0 Å². The standard InChI is InChI=1S/C12H13FN4OS/c1-6(2)14-12(19)17-16-10-8-4-3-7(13)5-9(8)15-11(10)18/h3-6,15,18H,1-2H3,(H,14,19). The molecule has 19 heavy (non-hydrogen) atoms. The molecule has 2 rings (SSSR count). The van der Waals surface area contributed by atoms with Crippen LogP contribution in [0.1, 0.15) is 13.8 Å². The quantitative estimate of drug-likeness (QED) is 0.583. The number of aromatic amines is 1. The van der Waals surface area contributed by atoms with Crippen LogP contribution in [0, 0.1) is 5.82 Å². The van der Waals surface area contributed by atoms with Crippen LogP contribution in [-0.2, 0) is 0 Å². The minimum Gasteiger partial charge on any atom is -0.493 e. The van der Waals surface area contributed by atoms with Crippen LogP contribution >= 0.6 is 12.2 Å². The number of rotatable bonds is 2. The van der Waals surface area contributed by atoms with E-state index in [4.69, 9.17) is 12.2 Å². The van der Waals surface area contributed by atoms with E-state index in [1.54, 1.807) is 0 Å². The van der Waals surface area contributed by atoms with Crippen LogP contribution in [0.15, 0.2) is 28.4 Å². The summed E-state index contributed by atoms with van der Waals surface area (Å²) in [7, 11) is 0. The molecule has 1 aromatic heterocycles. The molecule has 0 radical (unpaired) electrons. The van der Waals surface area contributed by atoms with Gasteiger partial charge in [-0.05, 0) is 44.3 Å². The molecule has 0 spiro atoms. The zero-order chi connectivity index (χ0) is 14.0. The Hall–Kier alpha value is -2.02. The molecule has 0 saturated carbocycles. The van der Waals surface area contributed by atoms with E-state index < -0.39 is 5.82 Å². The molecule has 0 aliphatic rings. The summed E-state index contributed by atoms with van der Waals surface area (Å²) in [4.78, 5) is 2.63. The van der Waals surface area contributed by atoms with Crippen molar-refractivity contribution in [2.45, 2.75) is 19.9 Å². The summed E-state index contributed by atoms with van der Waals surface area (Å²) in [6.45, 7) is 3.85. The van der Waals surface area contributed by atoms with Gasteiger partial charge in [-0.3, -0.25) is 0 Å². The first-order valence-electron chi connectivity index (χ1n) is 5.70. The number of hydrogen-bond donors (Lipinski definition) is 3. The largest absolute Gasteiger partial charge is 0.493 e. The highest BCUT2D eigenvalue weighted by molar-refractivity contribution is 7.80. The third kappa shape index (κ3) is 3.05. The molecular weight excluding hydrogens is 267 g/mol. The predicted octanol–water partition coefficient (Wildman–Crippen LogP) is 3.38. The van der Waals surface area contributed by atoms with Crippen molar-refractivity contribution in [1.29, 1.82) is 0 Å². The van der Waals surface area contributed by atoms with Crippen molar-refractivity contribution < 1.29 is 9.50 Å². The van der Waals surface area contributed by atoms with Crippen LogP contribution in [-0.4, -0.2) is 21.2 Å². The van der Waals surface area contributed by atoms with E-state index in [0.717, 1.165) is 0 Å². The van der Waals surface area contributed by atoms with Crippen LogP contribution in [0.25, 0.3) is 10.9 Å². The minimum absolute atomic E-state index is 0.150. The molecule has 7 heteroatoms. The number of nitrogens with zero attached hydrogens (tertiary/aromatic N) is 2. The van der Waals surface area contributed by atoms with Crippen molar-refractivity contribution in [2.24, 2.45) is 10.2 Å². The van der Waals surface area contributed by atoms with E-state index in [1.807, 2.05) is 13.8 Å². The number of nitrogens with one attached hydrogen (secondary N) is 2. The molecule has 3 N–H and O–H groups in total. The fraction of sp³-hybridized carbons (Fsp3) is 0.250. The van der Waals surface area contributed by atoms with Crippen LogP contribution in [0.4, 0.5) is 10.1 Å². The van der Waals surface area contributed by atoms with Crippen molar-refractivity contribution in [3.63, 3.8) is 0 Å². The Morgan fingerprint density at radius 2 is 2.21 bits per heavy atom. The molecule has 0 bridgehead atoms. The lowest BCUT2D eigenvalue weighted by molar-refractivity contribution is 0.459. The van der Waals surface area contributed by atoms with Crippen LogP contribution in [0.5, 0.6) is 5.88 Å². The second kappa shape index (κ2) is 5.31. The highest BCUT2D eigenvalue weighted by Gasteiger charge is 2.11. The van der Waals surface area contributed by atoms with Crippen LogP contribution in [0.2, 0.25) is 0 Å². The van der Waals surface area contributed by atoms with E-state index in [-0.39, 0.29) is 22.7 Å². The summed E-state index contributed by atoms with van der Waals surface area (Å²) < 4.78 is 13.0. The lowest BCUT2D eigenvalue weighted by Crippen LogP contribution is -2.26. The number of aromatic nitrogens is 1. The number of thiocarbonyl (C=S) groups is 1. The summed E-state index contributed by atoms with van der Waals surface area (Å²) in [6.07, 6.45) is 0. The zero-order valence-electron chi connectivity index (χ0n) is 10.4. The smallest absolute Gasteiger partial charge is 0.218 e. The third-order valence-corrected chi connectivity index (χ3v) is 2.57. The molecule has 100 valence electrons. The highest BCUT2D eigenvalue weighted by atomic mass is 32.1. The number of fused-ring (bicyclic) bond motifs is 1.